The SMILES string of the molecule is C=C1C(=O)O[C@@H]2[C@@H]3C(C)=C[C@@H](OC(=O)/C(=C/C)CO)[C@H]3[C@]3(CO3)C[C@H](OC(=O)/C(=C\C)COC(C)=O)[C@@H]12. The minimum absolute atomic E-state index is 0.130. The van der Waals surface area contributed by atoms with Crippen molar-refractivity contribution in [3.63, 3.8) is 0 Å². The zero-order chi connectivity index (χ0) is 27.1. The van der Waals surface area contributed by atoms with E-state index in [1.807, 2.05) is 13.0 Å². The van der Waals surface area contributed by atoms with E-state index in [4.69, 9.17) is 23.7 Å². The Morgan fingerprint density at radius 3 is 2.38 bits per heavy atom. The first-order chi connectivity index (χ1) is 17.6. The smallest absolute Gasteiger partial charge is 0.337 e. The normalized spacial score (nSPS) is 34.7. The van der Waals surface area contributed by atoms with Gasteiger partial charge in [-0.25, -0.2) is 14.4 Å². The van der Waals surface area contributed by atoms with Gasteiger partial charge in [0.15, 0.2) is 0 Å². The van der Waals surface area contributed by atoms with E-state index in [0.717, 1.165) is 5.57 Å². The Balaban J connectivity index is 1.65. The third-order valence-electron chi connectivity index (χ3n) is 7.70. The highest BCUT2D eigenvalue weighted by Gasteiger charge is 2.68. The van der Waals surface area contributed by atoms with Crippen LogP contribution in [0.15, 0.2) is 47.1 Å². The fraction of sp³-hybridized carbons (Fsp3) is 0.556. The van der Waals surface area contributed by atoms with E-state index in [9.17, 15) is 24.3 Å². The van der Waals surface area contributed by atoms with Gasteiger partial charge in [-0.15, -0.1) is 0 Å². The summed E-state index contributed by atoms with van der Waals surface area (Å²) in [5.74, 6) is -3.83. The third kappa shape index (κ3) is 4.87. The largest absolute Gasteiger partial charge is 0.461 e. The number of epoxide rings is 1. The summed E-state index contributed by atoms with van der Waals surface area (Å²) in [6.45, 7) is 9.96. The van der Waals surface area contributed by atoms with Gasteiger partial charge >= 0.3 is 23.9 Å². The second kappa shape index (κ2) is 10.3. The fourth-order valence-electron chi connectivity index (χ4n) is 5.75. The van der Waals surface area contributed by atoms with Gasteiger partial charge < -0.3 is 28.8 Å². The molecule has 4 aliphatic rings. The lowest BCUT2D eigenvalue weighted by Gasteiger charge is -2.31. The summed E-state index contributed by atoms with van der Waals surface area (Å²) in [4.78, 5) is 49.6. The van der Waals surface area contributed by atoms with Gasteiger partial charge in [0, 0.05) is 30.8 Å². The molecule has 3 fully saturated rings. The molecule has 0 aromatic rings. The Hall–Kier alpha value is -3.24. The minimum Gasteiger partial charge on any atom is -0.461 e. The first-order valence-corrected chi connectivity index (χ1v) is 12.3. The highest BCUT2D eigenvalue weighted by molar-refractivity contribution is 5.92. The van der Waals surface area contributed by atoms with Crippen LogP contribution in [-0.4, -0.2) is 72.7 Å². The number of carbonyl (C=O) groups excluding carboxylic acids is 4. The van der Waals surface area contributed by atoms with Crippen LogP contribution < -0.4 is 0 Å². The number of hydrogen-bond donors (Lipinski definition) is 1. The Morgan fingerprint density at radius 2 is 1.81 bits per heavy atom. The Kier molecular flexibility index (Phi) is 7.43. The summed E-state index contributed by atoms with van der Waals surface area (Å²) in [6.07, 6.45) is 2.84. The predicted molar refractivity (Wildman–Crippen MR) is 128 cm³/mol. The van der Waals surface area contributed by atoms with Gasteiger partial charge in [0.2, 0.25) is 0 Å². The molecule has 1 N–H and O–H groups in total. The number of aliphatic hydroxyl groups excluding tert-OH is 1. The molecular formula is C27H32O10. The highest BCUT2D eigenvalue weighted by atomic mass is 16.6. The molecule has 2 saturated heterocycles. The Labute approximate surface area is 214 Å². The van der Waals surface area contributed by atoms with Crippen molar-refractivity contribution in [2.75, 3.05) is 19.8 Å². The molecule has 7 atom stereocenters. The zero-order valence-corrected chi connectivity index (χ0v) is 21.4. The van der Waals surface area contributed by atoms with E-state index in [2.05, 4.69) is 6.58 Å². The molecule has 1 saturated carbocycles. The number of allylic oxidation sites excluding steroid dienone is 2. The van der Waals surface area contributed by atoms with Crippen molar-refractivity contribution >= 4 is 23.9 Å². The predicted octanol–water partition coefficient (Wildman–Crippen LogP) is 1.72. The van der Waals surface area contributed by atoms with Crippen molar-refractivity contribution < 1.29 is 48.0 Å². The van der Waals surface area contributed by atoms with E-state index >= 15 is 0 Å². The van der Waals surface area contributed by atoms with Crippen molar-refractivity contribution in [2.24, 2.45) is 17.8 Å². The molecule has 0 aromatic heterocycles. The van der Waals surface area contributed by atoms with Crippen LogP contribution in [0.25, 0.3) is 0 Å². The van der Waals surface area contributed by atoms with E-state index in [0.29, 0.717) is 6.61 Å². The summed E-state index contributed by atoms with van der Waals surface area (Å²) in [7, 11) is 0. The van der Waals surface area contributed by atoms with E-state index in [1.54, 1.807) is 13.8 Å². The van der Waals surface area contributed by atoms with Crippen LogP contribution in [0.1, 0.15) is 34.1 Å². The number of hydrogen-bond acceptors (Lipinski definition) is 10. The summed E-state index contributed by atoms with van der Waals surface area (Å²) >= 11 is 0. The molecule has 2 aliphatic carbocycles. The molecule has 2 heterocycles. The van der Waals surface area contributed by atoms with Crippen LogP contribution in [-0.2, 0) is 42.9 Å². The fourth-order valence-corrected chi connectivity index (χ4v) is 5.75. The lowest BCUT2D eigenvalue weighted by molar-refractivity contribution is -0.151. The number of rotatable bonds is 7. The Bertz CT molecular complexity index is 1110. The molecule has 0 bridgehead atoms. The average molecular weight is 517 g/mol. The van der Waals surface area contributed by atoms with Crippen molar-refractivity contribution in [2.45, 2.75) is 58.0 Å². The quantitative estimate of drug-likeness (QED) is 0.175. The summed E-state index contributed by atoms with van der Waals surface area (Å²) in [5.41, 5.74) is 0.560. The zero-order valence-electron chi connectivity index (χ0n) is 21.4. The summed E-state index contributed by atoms with van der Waals surface area (Å²) in [5, 5.41) is 9.49. The first kappa shape index (κ1) is 26.8. The van der Waals surface area contributed by atoms with Gasteiger partial charge in [0.25, 0.3) is 0 Å². The molecule has 37 heavy (non-hydrogen) atoms. The lowest BCUT2D eigenvalue weighted by atomic mass is 9.77. The van der Waals surface area contributed by atoms with Gasteiger partial charge in [-0.1, -0.05) is 24.3 Å². The van der Waals surface area contributed by atoms with Crippen LogP contribution >= 0.6 is 0 Å². The van der Waals surface area contributed by atoms with Crippen molar-refractivity contribution in [1.29, 1.82) is 0 Å². The first-order valence-electron chi connectivity index (χ1n) is 12.3. The molecule has 200 valence electrons. The second-order valence-corrected chi connectivity index (χ2v) is 9.82. The highest BCUT2D eigenvalue weighted by Crippen LogP contribution is 2.58. The standard InChI is InChI=1S/C27H32O10/c1-6-16(10-28)25(31)35-18-8-13(3)20-22(18)27(12-34-27)9-19(21-14(4)24(30)37-23(20)21)36-26(32)17(7-2)11-33-15(5)29/h6-8,18-23,28H,4,9-12H2,1-3,5H3/b16-6+,17-7-/t18-,19+,20-,21-,22-,23-,27-/m1/s1. The molecule has 1 spiro atoms. The van der Waals surface area contributed by atoms with E-state index in [1.165, 1.54) is 19.1 Å². The van der Waals surface area contributed by atoms with Crippen molar-refractivity contribution in [3.8, 4) is 0 Å². The minimum atomic E-state index is -0.815. The van der Waals surface area contributed by atoms with Crippen LogP contribution in [0.3, 0.4) is 0 Å². The summed E-state index contributed by atoms with van der Waals surface area (Å²) < 4.78 is 28.4. The molecule has 4 rings (SSSR count). The van der Waals surface area contributed by atoms with E-state index in [-0.39, 0.29) is 35.7 Å². The third-order valence-corrected chi connectivity index (χ3v) is 7.70. The molecule has 0 aromatic carbocycles. The monoisotopic (exact) mass is 516 g/mol. The maximum absolute atomic E-state index is 13.0. The van der Waals surface area contributed by atoms with Gasteiger partial charge in [0.1, 0.15) is 30.5 Å². The van der Waals surface area contributed by atoms with Gasteiger partial charge in [0.05, 0.1) is 30.3 Å². The Morgan fingerprint density at radius 1 is 1.16 bits per heavy atom. The van der Waals surface area contributed by atoms with Crippen LogP contribution in [0.2, 0.25) is 0 Å². The molecule has 10 nitrogen and oxygen atoms in total. The molecule has 0 amide bonds. The van der Waals surface area contributed by atoms with Gasteiger partial charge in [-0.3, -0.25) is 4.79 Å². The number of fused-ring (bicyclic) bond motifs is 4. The van der Waals surface area contributed by atoms with Crippen molar-refractivity contribution in [3.05, 3.63) is 47.1 Å². The number of ether oxygens (including phenoxy) is 5. The second-order valence-electron chi connectivity index (χ2n) is 9.82. The number of carbonyl (C=O) groups is 4. The van der Waals surface area contributed by atoms with Crippen LogP contribution in [0.5, 0.6) is 0 Å². The average Bonchev–Trinajstić information content (AvgIpc) is 3.47. The van der Waals surface area contributed by atoms with Crippen LogP contribution in [0, 0.1) is 17.8 Å². The maximum Gasteiger partial charge on any atom is 0.337 e. The lowest BCUT2D eigenvalue weighted by Crippen LogP contribution is -2.41. The van der Waals surface area contributed by atoms with Crippen LogP contribution in [0.4, 0.5) is 0 Å². The van der Waals surface area contributed by atoms with Crippen molar-refractivity contribution in [1.82, 2.24) is 0 Å². The van der Waals surface area contributed by atoms with Gasteiger partial charge in [-0.2, -0.15) is 0 Å². The number of aliphatic hydroxyl groups is 1. The molecule has 0 radical (unpaired) electrons. The van der Waals surface area contributed by atoms with Gasteiger partial charge in [-0.05, 0) is 26.8 Å². The van der Waals surface area contributed by atoms with E-state index < -0.39 is 66.2 Å². The molecule has 10 heteroatoms. The maximum atomic E-state index is 13.0. The molecule has 0 unspecified atom stereocenters. The summed E-state index contributed by atoms with van der Waals surface area (Å²) in [6, 6.07) is 0. The molecule has 2 aliphatic heterocycles. The topological polar surface area (TPSA) is 138 Å². The molecular weight excluding hydrogens is 484 g/mol. The number of esters is 4.